The van der Waals surface area contributed by atoms with Gasteiger partial charge >= 0.3 is 0 Å². The highest BCUT2D eigenvalue weighted by molar-refractivity contribution is 6.89. The number of aryl methyl sites for hydroxylation is 5. The Morgan fingerprint density at radius 1 is 0.621 bits per heavy atom. The van der Waals surface area contributed by atoms with Gasteiger partial charge in [0, 0.05) is 0 Å². The first kappa shape index (κ1) is 18.9. The lowest BCUT2D eigenvalue weighted by atomic mass is 9.85. The Labute approximate surface area is 177 Å². The molecule has 0 amide bonds. The zero-order valence-electron chi connectivity index (χ0n) is 18.4. The van der Waals surface area contributed by atoms with Crippen molar-refractivity contribution in [3.05, 3.63) is 98.6 Å². The topological polar surface area (TPSA) is 0 Å². The molecule has 148 valence electrons. The summed E-state index contributed by atoms with van der Waals surface area (Å²) >= 11 is 0. The van der Waals surface area contributed by atoms with Gasteiger partial charge in [-0.05, 0) is 95.5 Å². The van der Waals surface area contributed by atoms with Crippen molar-refractivity contribution in [2.24, 2.45) is 0 Å². The summed E-state index contributed by atoms with van der Waals surface area (Å²) in [5.41, 5.74) is 13.7. The summed E-state index contributed by atoms with van der Waals surface area (Å²) in [5.74, 6) is 0. The lowest BCUT2D eigenvalue weighted by Crippen LogP contribution is -2.40. The van der Waals surface area contributed by atoms with E-state index in [1.165, 1.54) is 47.9 Å². The molecule has 0 aromatic heterocycles. The van der Waals surface area contributed by atoms with Crippen LogP contribution in [0.15, 0.2) is 48.5 Å². The minimum atomic E-state index is -1.42. The minimum Gasteiger partial charge on any atom is -0.0656 e. The van der Waals surface area contributed by atoms with E-state index < -0.39 is 8.07 Å². The van der Waals surface area contributed by atoms with Gasteiger partial charge in [0.15, 0.2) is 0 Å². The Morgan fingerprint density at radius 2 is 1.14 bits per heavy atom. The quantitative estimate of drug-likeness (QED) is 0.470. The molecule has 0 unspecified atom stereocenters. The molecule has 2 aliphatic carbocycles. The summed E-state index contributed by atoms with van der Waals surface area (Å²) < 4.78 is 0. The van der Waals surface area contributed by atoms with Crippen molar-refractivity contribution >= 4 is 13.3 Å². The fourth-order valence-electron chi connectivity index (χ4n) is 5.00. The van der Waals surface area contributed by atoms with Crippen LogP contribution < -0.4 is 5.19 Å². The van der Waals surface area contributed by atoms with E-state index >= 15 is 0 Å². The van der Waals surface area contributed by atoms with Gasteiger partial charge in [0.1, 0.15) is 0 Å². The van der Waals surface area contributed by atoms with Crippen LogP contribution in [-0.4, -0.2) is 8.07 Å². The SMILES string of the molecule is Cc1cc(Cc2ccc3c(c2)CC3)c([Si](C)(C)C)cc1Cc1ccc2c(c1)CC2. The largest absolute Gasteiger partial charge is 0.0779 e. The third-order valence-corrected chi connectivity index (χ3v) is 9.11. The van der Waals surface area contributed by atoms with Gasteiger partial charge in [-0.15, -0.1) is 0 Å². The fourth-order valence-corrected chi connectivity index (χ4v) is 6.74. The van der Waals surface area contributed by atoms with Crippen LogP contribution in [0.4, 0.5) is 0 Å². The molecule has 0 N–H and O–H groups in total. The molecule has 0 spiro atoms. The van der Waals surface area contributed by atoms with E-state index in [9.17, 15) is 0 Å². The van der Waals surface area contributed by atoms with E-state index in [4.69, 9.17) is 0 Å². The van der Waals surface area contributed by atoms with E-state index in [1.54, 1.807) is 33.0 Å². The highest BCUT2D eigenvalue weighted by Gasteiger charge is 2.23. The summed E-state index contributed by atoms with van der Waals surface area (Å²) in [4.78, 5) is 0. The fraction of sp³-hybridized carbons (Fsp3) is 0.357. The average Bonchev–Trinajstić information content (AvgIpc) is 2.61. The molecule has 0 saturated carbocycles. The van der Waals surface area contributed by atoms with Crippen molar-refractivity contribution in [1.29, 1.82) is 0 Å². The number of benzene rings is 3. The zero-order chi connectivity index (χ0) is 20.2. The normalized spacial score (nSPS) is 14.6. The van der Waals surface area contributed by atoms with E-state index in [0.29, 0.717) is 0 Å². The molecule has 3 aromatic carbocycles. The Kier molecular flexibility index (Phi) is 4.55. The molecule has 0 bridgehead atoms. The van der Waals surface area contributed by atoms with Gasteiger partial charge in [-0.3, -0.25) is 0 Å². The maximum Gasteiger partial charge on any atom is 0.0779 e. The summed E-state index contributed by atoms with van der Waals surface area (Å²) in [6.45, 7) is 9.79. The van der Waals surface area contributed by atoms with Gasteiger partial charge in [0.05, 0.1) is 8.07 Å². The molecule has 1 heteroatoms. The Balaban J connectivity index is 1.48. The first-order valence-electron chi connectivity index (χ1n) is 11.2. The lowest BCUT2D eigenvalue weighted by molar-refractivity contribution is 0.834. The van der Waals surface area contributed by atoms with Crippen molar-refractivity contribution in [1.82, 2.24) is 0 Å². The van der Waals surface area contributed by atoms with Crippen molar-refractivity contribution in [3.8, 4) is 0 Å². The van der Waals surface area contributed by atoms with Crippen LogP contribution in [0.2, 0.25) is 19.6 Å². The van der Waals surface area contributed by atoms with Crippen molar-refractivity contribution in [2.75, 3.05) is 0 Å². The van der Waals surface area contributed by atoms with Crippen LogP contribution >= 0.6 is 0 Å². The van der Waals surface area contributed by atoms with Gasteiger partial charge < -0.3 is 0 Å². The van der Waals surface area contributed by atoms with Crippen LogP contribution in [0.1, 0.15) is 50.1 Å². The van der Waals surface area contributed by atoms with Crippen molar-refractivity contribution in [3.63, 3.8) is 0 Å². The van der Waals surface area contributed by atoms with Gasteiger partial charge in [0.25, 0.3) is 0 Å². The number of hydrogen-bond donors (Lipinski definition) is 0. The molecule has 0 saturated heterocycles. The molecule has 5 rings (SSSR count). The van der Waals surface area contributed by atoms with Crippen molar-refractivity contribution < 1.29 is 0 Å². The summed E-state index contributed by atoms with van der Waals surface area (Å²) in [6.07, 6.45) is 7.21. The Hall–Kier alpha value is -2.12. The van der Waals surface area contributed by atoms with Gasteiger partial charge in [0.2, 0.25) is 0 Å². The third-order valence-electron chi connectivity index (χ3n) is 7.03. The highest BCUT2D eigenvalue weighted by Crippen LogP contribution is 2.27. The van der Waals surface area contributed by atoms with Crippen LogP contribution in [-0.2, 0) is 38.5 Å². The van der Waals surface area contributed by atoms with Crippen LogP contribution in [0.25, 0.3) is 0 Å². The first-order valence-corrected chi connectivity index (χ1v) is 14.7. The Morgan fingerprint density at radius 3 is 1.59 bits per heavy atom. The van der Waals surface area contributed by atoms with Gasteiger partial charge in [-0.25, -0.2) is 0 Å². The van der Waals surface area contributed by atoms with E-state index in [1.807, 2.05) is 0 Å². The maximum atomic E-state index is 2.57. The summed E-state index contributed by atoms with van der Waals surface area (Å²) in [7, 11) is -1.42. The maximum absolute atomic E-state index is 2.57. The standard InChI is InChI=1S/C28H32Si/c1-19-13-27(17-21-6-8-23-10-12-25(23)15-21)28(29(2,3)4)18-26(19)16-20-5-7-22-9-11-24(22)14-20/h5-8,13-15,18H,9-12,16-17H2,1-4H3. The molecule has 3 aromatic rings. The second kappa shape index (κ2) is 6.99. The lowest BCUT2D eigenvalue weighted by Gasteiger charge is -2.25. The first-order chi connectivity index (χ1) is 13.9. The van der Waals surface area contributed by atoms with E-state index in [-0.39, 0.29) is 0 Å². The highest BCUT2D eigenvalue weighted by atomic mass is 28.3. The average molecular weight is 397 g/mol. The van der Waals surface area contributed by atoms with Crippen LogP contribution in [0, 0.1) is 6.92 Å². The molecule has 0 atom stereocenters. The second-order valence-corrected chi connectivity index (χ2v) is 15.3. The van der Waals surface area contributed by atoms with E-state index in [2.05, 4.69) is 75.1 Å². The van der Waals surface area contributed by atoms with Crippen LogP contribution in [0.3, 0.4) is 0 Å². The van der Waals surface area contributed by atoms with E-state index in [0.717, 1.165) is 12.8 Å². The number of rotatable bonds is 5. The summed E-state index contributed by atoms with van der Waals surface area (Å²) in [5, 5.41) is 1.64. The molecule has 29 heavy (non-hydrogen) atoms. The molecule has 0 aliphatic heterocycles. The molecular formula is C28H32Si. The molecule has 0 heterocycles. The van der Waals surface area contributed by atoms with Crippen molar-refractivity contribution in [2.45, 2.75) is 65.1 Å². The predicted molar refractivity (Wildman–Crippen MR) is 127 cm³/mol. The second-order valence-electron chi connectivity index (χ2n) is 10.2. The number of hydrogen-bond acceptors (Lipinski definition) is 0. The molecule has 0 nitrogen and oxygen atoms in total. The monoisotopic (exact) mass is 396 g/mol. The molecular weight excluding hydrogens is 364 g/mol. The van der Waals surface area contributed by atoms with Gasteiger partial charge in [-0.1, -0.05) is 73.4 Å². The minimum absolute atomic E-state index is 1.07. The zero-order valence-corrected chi connectivity index (χ0v) is 19.4. The predicted octanol–water partition coefficient (Wildman–Crippen LogP) is 5.92. The third kappa shape index (κ3) is 3.62. The Bertz CT molecular complexity index is 1100. The smallest absolute Gasteiger partial charge is 0.0656 e. The number of fused-ring (bicyclic) bond motifs is 2. The van der Waals surface area contributed by atoms with Crippen LogP contribution in [0.5, 0.6) is 0 Å². The molecule has 0 fully saturated rings. The van der Waals surface area contributed by atoms with Gasteiger partial charge in [-0.2, -0.15) is 0 Å². The summed E-state index contributed by atoms with van der Waals surface area (Å²) in [6, 6.07) is 19.4. The molecule has 0 radical (unpaired) electrons. The molecule has 2 aliphatic rings.